The van der Waals surface area contributed by atoms with Crippen LogP contribution in [0.25, 0.3) is 0 Å². The second-order valence-corrected chi connectivity index (χ2v) is 7.60. The summed E-state index contributed by atoms with van der Waals surface area (Å²) in [6, 6.07) is 16.9. The Hall–Kier alpha value is -2.40. The summed E-state index contributed by atoms with van der Waals surface area (Å²) < 4.78 is 13.1. The first kappa shape index (κ1) is 20.3. The van der Waals surface area contributed by atoms with Gasteiger partial charge in [-0.25, -0.2) is 4.39 Å². The van der Waals surface area contributed by atoms with Gasteiger partial charge in [0, 0.05) is 5.69 Å². The van der Waals surface area contributed by atoms with Crippen LogP contribution in [0.3, 0.4) is 0 Å². The smallest absolute Gasteiger partial charge is 0.278 e. The fraction of sp³-hybridized carbons (Fsp3) is 0.435. The van der Waals surface area contributed by atoms with Crippen LogP contribution in [0.5, 0.6) is 0 Å². The molecule has 2 N–H and O–H groups in total. The highest BCUT2D eigenvalue weighted by Crippen LogP contribution is 2.18. The lowest BCUT2D eigenvalue weighted by Gasteiger charge is -2.36. The normalized spacial score (nSPS) is 17.2. The Bertz CT molecular complexity index is 742. The maximum atomic E-state index is 13.1. The number of carbonyl (C=O) groups excluding carboxylic acids is 1. The predicted molar refractivity (Wildman–Crippen MR) is 111 cm³/mol. The van der Waals surface area contributed by atoms with Gasteiger partial charge in [-0.3, -0.25) is 4.79 Å². The second-order valence-electron chi connectivity index (χ2n) is 7.60. The fourth-order valence-electron chi connectivity index (χ4n) is 3.92. The standard InChI is InChI=1S/C23H30FN3O/c1-3-7-22(19-8-5-4-6-9-19)25-23(28)18(2)26-14-16-27(17-15-26)21-12-10-20(24)11-13-21/h4-6,8-13,18,22H,3,7,14-17H2,1-2H3,(H,25,28)/p+1/t18-,22-/m0/s1. The summed E-state index contributed by atoms with van der Waals surface area (Å²) in [4.78, 5) is 16.5. The van der Waals surface area contributed by atoms with Crippen molar-refractivity contribution in [3.63, 3.8) is 0 Å². The van der Waals surface area contributed by atoms with Crippen LogP contribution in [0.15, 0.2) is 54.6 Å². The van der Waals surface area contributed by atoms with Crippen LogP contribution in [0.4, 0.5) is 10.1 Å². The van der Waals surface area contributed by atoms with Crippen molar-refractivity contribution in [2.75, 3.05) is 31.1 Å². The van der Waals surface area contributed by atoms with E-state index >= 15 is 0 Å². The molecule has 2 atom stereocenters. The molecule has 2 aromatic carbocycles. The highest BCUT2D eigenvalue weighted by Gasteiger charge is 2.30. The molecule has 3 rings (SSSR count). The Morgan fingerprint density at radius 3 is 2.36 bits per heavy atom. The van der Waals surface area contributed by atoms with E-state index in [0.717, 1.165) is 44.7 Å². The number of hydrogen-bond donors (Lipinski definition) is 2. The van der Waals surface area contributed by atoms with Gasteiger partial charge in [0.15, 0.2) is 6.04 Å². The number of rotatable bonds is 7. The monoisotopic (exact) mass is 384 g/mol. The molecular formula is C23H31FN3O+. The summed E-state index contributed by atoms with van der Waals surface area (Å²) in [5.41, 5.74) is 2.21. The van der Waals surface area contributed by atoms with E-state index in [2.05, 4.69) is 29.3 Å². The molecule has 0 aromatic heterocycles. The summed E-state index contributed by atoms with van der Waals surface area (Å²) in [7, 11) is 0. The van der Waals surface area contributed by atoms with Gasteiger partial charge in [-0.1, -0.05) is 43.7 Å². The van der Waals surface area contributed by atoms with E-state index in [1.807, 2.05) is 37.3 Å². The average molecular weight is 385 g/mol. The number of carbonyl (C=O) groups is 1. The number of piperazine rings is 1. The zero-order valence-electron chi connectivity index (χ0n) is 16.8. The van der Waals surface area contributed by atoms with E-state index in [0.29, 0.717) is 0 Å². The molecule has 0 radical (unpaired) electrons. The minimum absolute atomic E-state index is 0.0704. The third kappa shape index (κ3) is 5.10. The van der Waals surface area contributed by atoms with Gasteiger partial charge in [0.05, 0.1) is 32.2 Å². The molecule has 1 heterocycles. The Morgan fingerprint density at radius 1 is 1.11 bits per heavy atom. The van der Waals surface area contributed by atoms with Gasteiger partial charge in [0.2, 0.25) is 0 Å². The van der Waals surface area contributed by atoms with E-state index in [-0.39, 0.29) is 23.8 Å². The predicted octanol–water partition coefficient (Wildman–Crippen LogP) is 2.58. The van der Waals surface area contributed by atoms with Crippen LogP contribution in [-0.2, 0) is 4.79 Å². The summed E-state index contributed by atoms with van der Waals surface area (Å²) in [6.07, 6.45) is 1.97. The number of anilines is 1. The number of nitrogens with one attached hydrogen (secondary N) is 2. The van der Waals surface area contributed by atoms with E-state index in [9.17, 15) is 9.18 Å². The van der Waals surface area contributed by atoms with Crippen LogP contribution < -0.4 is 15.1 Å². The van der Waals surface area contributed by atoms with Crippen molar-refractivity contribution in [1.29, 1.82) is 0 Å². The minimum Gasteiger partial charge on any atom is -0.360 e. The number of benzene rings is 2. The molecule has 0 spiro atoms. The molecule has 1 aliphatic rings. The molecule has 0 aliphatic carbocycles. The molecule has 28 heavy (non-hydrogen) atoms. The summed E-state index contributed by atoms with van der Waals surface area (Å²) in [6.45, 7) is 7.70. The molecule has 2 aromatic rings. The van der Waals surface area contributed by atoms with E-state index in [1.165, 1.54) is 22.6 Å². The van der Waals surface area contributed by atoms with Crippen molar-refractivity contribution < 1.29 is 14.1 Å². The molecule has 1 aliphatic heterocycles. The van der Waals surface area contributed by atoms with Crippen LogP contribution in [0.1, 0.15) is 38.3 Å². The molecule has 0 bridgehead atoms. The van der Waals surface area contributed by atoms with Gasteiger partial charge >= 0.3 is 0 Å². The first-order valence-electron chi connectivity index (χ1n) is 10.3. The van der Waals surface area contributed by atoms with Crippen LogP contribution >= 0.6 is 0 Å². The maximum absolute atomic E-state index is 13.1. The SMILES string of the molecule is CCC[C@H](NC(=O)[C@H](C)[NH+]1CCN(c2ccc(F)cc2)CC1)c1ccccc1. The van der Waals surface area contributed by atoms with Crippen molar-refractivity contribution in [2.24, 2.45) is 0 Å². The third-order valence-corrected chi connectivity index (χ3v) is 5.70. The van der Waals surface area contributed by atoms with Crippen molar-refractivity contribution in [2.45, 2.75) is 38.8 Å². The third-order valence-electron chi connectivity index (χ3n) is 5.70. The lowest BCUT2D eigenvalue weighted by Crippen LogP contribution is -3.19. The molecule has 1 fully saturated rings. The molecule has 5 heteroatoms. The number of nitrogens with zero attached hydrogens (tertiary/aromatic N) is 1. The van der Waals surface area contributed by atoms with E-state index < -0.39 is 0 Å². The summed E-state index contributed by atoms with van der Waals surface area (Å²) in [5, 5.41) is 3.27. The van der Waals surface area contributed by atoms with E-state index in [1.54, 1.807) is 0 Å². The largest absolute Gasteiger partial charge is 0.360 e. The molecule has 1 amide bonds. The number of quaternary nitrogens is 1. The van der Waals surface area contributed by atoms with E-state index in [4.69, 9.17) is 0 Å². The zero-order chi connectivity index (χ0) is 19.9. The Morgan fingerprint density at radius 2 is 1.75 bits per heavy atom. The lowest BCUT2D eigenvalue weighted by molar-refractivity contribution is -0.914. The molecule has 0 saturated carbocycles. The van der Waals surface area contributed by atoms with Crippen molar-refractivity contribution in [3.8, 4) is 0 Å². The van der Waals surface area contributed by atoms with Gasteiger partial charge in [-0.2, -0.15) is 0 Å². The van der Waals surface area contributed by atoms with Gasteiger partial charge in [-0.15, -0.1) is 0 Å². The van der Waals surface area contributed by atoms with Gasteiger partial charge < -0.3 is 15.1 Å². The molecule has 4 nitrogen and oxygen atoms in total. The highest BCUT2D eigenvalue weighted by atomic mass is 19.1. The average Bonchev–Trinajstić information content (AvgIpc) is 2.74. The fourth-order valence-corrected chi connectivity index (χ4v) is 3.92. The summed E-state index contributed by atoms with van der Waals surface area (Å²) >= 11 is 0. The Balaban J connectivity index is 1.55. The first-order valence-corrected chi connectivity index (χ1v) is 10.3. The second kappa shape index (κ2) is 9.69. The Kier molecular flexibility index (Phi) is 7.04. The van der Waals surface area contributed by atoms with Crippen molar-refractivity contribution >= 4 is 11.6 Å². The molecule has 150 valence electrons. The van der Waals surface area contributed by atoms with Crippen LogP contribution in [0, 0.1) is 5.82 Å². The van der Waals surface area contributed by atoms with Gasteiger partial charge in [-0.05, 0) is 43.2 Å². The van der Waals surface area contributed by atoms with Crippen LogP contribution in [-0.4, -0.2) is 38.1 Å². The maximum Gasteiger partial charge on any atom is 0.278 e. The number of halogens is 1. The molecular weight excluding hydrogens is 353 g/mol. The summed E-state index contributed by atoms with van der Waals surface area (Å²) in [5.74, 6) is -0.0918. The van der Waals surface area contributed by atoms with Crippen LogP contribution in [0.2, 0.25) is 0 Å². The minimum atomic E-state index is -0.210. The highest BCUT2D eigenvalue weighted by molar-refractivity contribution is 5.80. The number of hydrogen-bond acceptors (Lipinski definition) is 2. The first-order chi connectivity index (χ1) is 13.6. The topological polar surface area (TPSA) is 36.8 Å². The van der Waals surface area contributed by atoms with Crippen molar-refractivity contribution in [1.82, 2.24) is 5.32 Å². The quantitative estimate of drug-likeness (QED) is 0.770. The number of amides is 1. The molecule has 0 unspecified atom stereocenters. The lowest BCUT2D eigenvalue weighted by atomic mass is 10.0. The van der Waals surface area contributed by atoms with Gasteiger partial charge in [0.1, 0.15) is 5.82 Å². The van der Waals surface area contributed by atoms with Crippen molar-refractivity contribution in [3.05, 3.63) is 66.0 Å². The van der Waals surface area contributed by atoms with Gasteiger partial charge in [0.25, 0.3) is 5.91 Å². The zero-order valence-corrected chi connectivity index (χ0v) is 16.8. The molecule has 1 saturated heterocycles. The Labute approximate surface area is 167 Å².